The first-order valence-corrected chi connectivity index (χ1v) is 14.8. The molecule has 5 rings (SSSR count). The first-order valence-electron chi connectivity index (χ1n) is 14.4. The van der Waals surface area contributed by atoms with Crippen molar-refractivity contribution in [2.45, 2.75) is 26.0 Å². The Bertz CT molecular complexity index is 1750. The number of hydrogen-bond acceptors (Lipinski definition) is 6. The molecular weight excluding hydrogens is 616 g/mol. The van der Waals surface area contributed by atoms with Crippen molar-refractivity contribution in [2.75, 3.05) is 49.1 Å². The van der Waals surface area contributed by atoms with E-state index >= 15 is 4.39 Å². The molecule has 1 fully saturated rings. The average molecular weight is 647 g/mol. The third-order valence-electron chi connectivity index (χ3n) is 7.92. The summed E-state index contributed by atoms with van der Waals surface area (Å²) in [6.45, 7) is 7.33. The summed E-state index contributed by atoms with van der Waals surface area (Å²) in [5.74, 6) is -3.73. The minimum atomic E-state index is -4.30. The number of carboxylic acids is 1. The Balaban J connectivity index is 1.66. The topological polar surface area (TPSA) is 78.2 Å². The van der Waals surface area contributed by atoms with Gasteiger partial charge in [-0.2, -0.15) is 0 Å². The van der Waals surface area contributed by atoms with Gasteiger partial charge in [0.15, 0.2) is 11.6 Å². The number of fused-ring (bicyclic) bond motifs is 1. The number of aromatic carboxylic acids is 1. The molecule has 238 valence electrons. The summed E-state index contributed by atoms with van der Waals surface area (Å²) in [6, 6.07) is 13.6. The predicted molar refractivity (Wildman–Crippen MR) is 165 cm³/mol. The van der Waals surface area contributed by atoms with Crippen LogP contribution in [0.25, 0.3) is 16.6 Å². The molecule has 3 aromatic carbocycles. The molecule has 1 aromatic heterocycles. The fourth-order valence-corrected chi connectivity index (χ4v) is 5.66. The van der Waals surface area contributed by atoms with E-state index in [-0.39, 0.29) is 24.3 Å². The molecule has 0 atom stereocenters. The number of piperazine rings is 1. The summed E-state index contributed by atoms with van der Waals surface area (Å²) in [7, 11) is 0. The van der Waals surface area contributed by atoms with E-state index in [1.807, 2.05) is 18.7 Å². The zero-order valence-corrected chi connectivity index (χ0v) is 25.3. The lowest BCUT2D eigenvalue weighted by molar-refractivity contribution is -0.0955. The monoisotopic (exact) mass is 646 g/mol. The molecule has 0 amide bonds. The van der Waals surface area contributed by atoms with E-state index in [1.165, 1.54) is 21.6 Å². The fraction of sp³-hybridized carbons (Fsp3) is 0.312. The summed E-state index contributed by atoms with van der Waals surface area (Å²) in [5.41, 5.74) is -4.66. The molecule has 45 heavy (non-hydrogen) atoms. The number of carbonyl (C=O) groups is 1. The third-order valence-corrected chi connectivity index (χ3v) is 8.00. The highest BCUT2D eigenvalue weighted by Crippen LogP contribution is 2.43. The average Bonchev–Trinajstić information content (AvgIpc) is 3.00. The second kappa shape index (κ2) is 13.0. The van der Waals surface area contributed by atoms with E-state index in [0.717, 1.165) is 36.6 Å². The number of carboxylic acid groups (broad SMARTS) is 1. The van der Waals surface area contributed by atoms with Crippen LogP contribution in [0.1, 0.15) is 29.8 Å². The molecular formula is C32H31ClF4N4O4. The van der Waals surface area contributed by atoms with Gasteiger partial charge in [-0.15, -0.1) is 8.78 Å². The first kappa shape index (κ1) is 32.1. The highest BCUT2D eigenvalue weighted by molar-refractivity contribution is 6.21. The molecule has 1 aliphatic rings. The van der Waals surface area contributed by atoms with Crippen LogP contribution in [0.3, 0.4) is 0 Å². The van der Waals surface area contributed by atoms with E-state index in [9.17, 15) is 27.9 Å². The summed E-state index contributed by atoms with van der Waals surface area (Å²) >= 11 is 5.24. The molecule has 13 heteroatoms. The standard InChI is InChI=1S/C32H31ClF4N4O4/c1-3-38(4-2)18-20-5-9-23(10-6-20)41-19-25(31(43)44)29(42)24-17-26(35)28(30(27(24)41)45-32(33,36)37)40-15-13-39(14-16-40)22-11-7-21(34)8-12-22/h5-12,17,19H,3-4,13-16,18H2,1-2H3,(H,43,44). The van der Waals surface area contributed by atoms with Crippen molar-refractivity contribution >= 4 is 39.8 Å². The predicted octanol–water partition coefficient (Wildman–Crippen LogP) is 6.30. The molecule has 2 heterocycles. The molecule has 0 spiro atoms. The van der Waals surface area contributed by atoms with Crippen molar-refractivity contribution in [3.63, 3.8) is 0 Å². The smallest absolute Gasteiger partial charge is 0.477 e. The second-order valence-corrected chi connectivity index (χ2v) is 11.0. The molecule has 1 aliphatic heterocycles. The molecule has 0 bridgehead atoms. The van der Waals surface area contributed by atoms with Crippen molar-refractivity contribution in [1.82, 2.24) is 9.47 Å². The normalized spacial score (nSPS) is 14.0. The van der Waals surface area contributed by atoms with Gasteiger partial charge >= 0.3 is 11.5 Å². The van der Waals surface area contributed by atoms with Crippen molar-refractivity contribution in [2.24, 2.45) is 0 Å². The van der Waals surface area contributed by atoms with Crippen LogP contribution in [0.5, 0.6) is 5.75 Å². The SMILES string of the molecule is CCN(CC)Cc1ccc(-n2cc(C(=O)O)c(=O)c3cc(F)c(N4CCN(c5ccc(F)cc5)CC4)c(OC(F)(F)Cl)c32)cc1. The number of ether oxygens (including phenoxy) is 1. The van der Waals surface area contributed by atoms with Gasteiger partial charge in [-0.05, 0) is 61.1 Å². The van der Waals surface area contributed by atoms with Crippen molar-refractivity contribution in [1.29, 1.82) is 0 Å². The summed E-state index contributed by atoms with van der Waals surface area (Å²) in [5, 5.41) is 9.32. The van der Waals surface area contributed by atoms with Crippen molar-refractivity contribution in [3.05, 3.63) is 93.8 Å². The lowest BCUT2D eigenvalue weighted by Gasteiger charge is -2.38. The number of nitrogens with zero attached hydrogens (tertiary/aromatic N) is 4. The minimum absolute atomic E-state index is 0.154. The number of halogens is 5. The third kappa shape index (κ3) is 6.86. The molecule has 0 unspecified atom stereocenters. The second-order valence-electron chi connectivity index (χ2n) is 10.6. The maximum atomic E-state index is 15.9. The van der Waals surface area contributed by atoms with E-state index in [1.54, 1.807) is 36.4 Å². The van der Waals surface area contributed by atoms with Crippen LogP contribution in [0, 0.1) is 11.6 Å². The Hall–Kier alpha value is -4.29. The molecule has 4 aromatic rings. The van der Waals surface area contributed by atoms with Gasteiger partial charge in [-0.3, -0.25) is 9.69 Å². The molecule has 1 saturated heterocycles. The van der Waals surface area contributed by atoms with E-state index < -0.39 is 45.3 Å². The fourth-order valence-electron chi connectivity index (χ4n) is 5.59. The van der Waals surface area contributed by atoms with E-state index in [0.29, 0.717) is 25.3 Å². The summed E-state index contributed by atoms with van der Waals surface area (Å²) in [4.78, 5) is 31.0. The molecule has 8 nitrogen and oxygen atoms in total. The van der Waals surface area contributed by atoms with Gasteiger partial charge in [0.2, 0.25) is 5.43 Å². The summed E-state index contributed by atoms with van der Waals surface area (Å²) in [6.07, 6.45) is 1.01. The van der Waals surface area contributed by atoms with Crippen LogP contribution in [0.2, 0.25) is 0 Å². The molecule has 0 aliphatic carbocycles. The van der Waals surface area contributed by atoms with Gasteiger partial charge in [0.05, 0.1) is 5.39 Å². The van der Waals surface area contributed by atoms with Crippen LogP contribution in [0.4, 0.5) is 28.9 Å². The van der Waals surface area contributed by atoms with E-state index in [2.05, 4.69) is 4.90 Å². The number of rotatable bonds is 10. The quantitative estimate of drug-likeness (QED) is 0.160. The van der Waals surface area contributed by atoms with Gasteiger partial charge < -0.3 is 24.2 Å². The Morgan fingerprint density at radius 2 is 1.53 bits per heavy atom. The van der Waals surface area contributed by atoms with Gasteiger partial charge in [0.25, 0.3) is 0 Å². The maximum Gasteiger partial charge on any atom is 0.487 e. The summed E-state index contributed by atoms with van der Waals surface area (Å²) < 4.78 is 64.3. The number of anilines is 2. The number of alkyl halides is 3. The maximum absolute atomic E-state index is 15.9. The van der Waals surface area contributed by atoms with Gasteiger partial charge in [0, 0.05) is 61.9 Å². The number of aromatic nitrogens is 1. The van der Waals surface area contributed by atoms with Crippen LogP contribution in [-0.4, -0.2) is 65.4 Å². The Morgan fingerprint density at radius 3 is 2.09 bits per heavy atom. The Kier molecular flexibility index (Phi) is 9.26. The van der Waals surface area contributed by atoms with Crippen molar-refractivity contribution < 1.29 is 32.2 Å². The van der Waals surface area contributed by atoms with Gasteiger partial charge in [-0.25, -0.2) is 13.6 Å². The van der Waals surface area contributed by atoms with Crippen LogP contribution in [0.15, 0.2) is 65.6 Å². The molecule has 0 radical (unpaired) electrons. The first-order chi connectivity index (χ1) is 21.4. The highest BCUT2D eigenvalue weighted by Gasteiger charge is 2.35. The zero-order chi connectivity index (χ0) is 32.5. The number of benzene rings is 3. The lowest BCUT2D eigenvalue weighted by atomic mass is 10.1. The van der Waals surface area contributed by atoms with Crippen LogP contribution < -0.4 is 20.0 Å². The minimum Gasteiger partial charge on any atom is -0.477 e. The van der Waals surface area contributed by atoms with Crippen molar-refractivity contribution in [3.8, 4) is 11.4 Å². The Labute approximate surface area is 261 Å². The van der Waals surface area contributed by atoms with E-state index in [4.69, 9.17) is 16.3 Å². The Morgan fingerprint density at radius 1 is 0.956 bits per heavy atom. The highest BCUT2D eigenvalue weighted by atomic mass is 35.5. The molecule has 1 N–H and O–H groups in total. The largest absolute Gasteiger partial charge is 0.487 e. The number of pyridine rings is 1. The van der Waals surface area contributed by atoms with Crippen LogP contribution >= 0.6 is 11.6 Å². The van der Waals surface area contributed by atoms with Gasteiger partial charge in [-0.1, -0.05) is 26.0 Å². The van der Waals surface area contributed by atoms with Gasteiger partial charge in [0.1, 0.15) is 22.6 Å². The lowest BCUT2D eigenvalue weighted by Crippen LogP contribution is -2.47. The number of hydrogen-bond donors (Lipinski definition) is 1. The zero-order valence-electron chi connectivity index (χ0n) is 24.6. The molecule has 0 saturated carbocycles. The van der Waals surface area contributed by atoms with Crippen LogP contribution in [-0.2, 0) is 6.54 Å².